The smallest absolute Gasteiger partial charge is 0.201 e. The highest BCUT2D eigenvalue weighted by molar-refractivity contribution is 5.41. The molecule has 1 aliphatic carbocycles. The van der Waals surface area contributed by atoms with Gasteiger partial charge in [-0.3, -0.25) is 0 Å². The van der Waals surface area contributed by atoms with Crippen LogP contribution in [0.5, 0.6) is 5.75 Å². The Bertz CT molecular complexity index is 1150. The summed E-state index contributed by atoms with van der Waals surface area (Å²) in [5, 5.41) is 0. The predicted molar refractivity (Wildman–Crippen MR) is 146 cm³/mol. The summed E-state index contributed by atoms with van der Waals surface area (Å²) >= 11 is 0. The molecule has 1 saturated heterocycles. The number of halogens is 4. The monoisotopic (exact) mass is 544 g/mol. The van der Waals surface area contributed by atoms with Crippen molar-refractivity contribution in [2.75, 3.05) is 13.2 Å². The van der Waals surface area contributed by atoms with Gasteiger partial charge in [0.25, 0.3) is 0 Å². The lowest BCUT2D eigenvalue weighted by Gasteiger charge is -2.29. The Morgan fingerprint density at radius 3 is 2.23 bits per heavy atom. The van der Waals surface area contributed by atoms with Gasteiger partial charge in [-0.15, -0.1) is 0 Å². The summed E-state index contributed by atoms with van der Waals surface area (Å²) in [4.78, 5) is 0. The summed E-state index contributed by atoms with van der Waals surface area (Å²) in [6.45, 7) is 4.90. The second-order valence-electron chi connectivity index (χ2n) is 11.2. The van der Waals surface area contributed by atoms with Crippen molar-refractivity contribution in [1.29, 1.82) is 0 Å². The molecule has 2 unspecified atom stereocenters. The van der Waals surface area contributed by atoms with Gasteiger partial charge in [-0.1, -0.05) is 76.3 Å². The molecule has 2 aromatic carbocycles. The molecule has 2 fully saturated rings. The fourth-order valence-electron chi connectivity index (χ4n) is 5.63. The van der Waals surface area contributed by atoms with Gasteiger partial charge >= 0.3 is 0 Å². The third kappa shape index (κ3) is 7.57. The van der Waals surface area contributed by atoms with Crippen LogP contribution in [0.1, 0.15) is 113 Å². The summed E-state index contributed by atoms with van der Waals surface area (Å²) < 4.78 is 70.4. The van der Waals surface area contributed by atoms with Crippen LogP contribution >= 0.6 is 0 Å². The molecule has 0 aromatic heterocycles. The van der Waals surface area contributed by atoms with Crippen molar-refractivity contribution >= 4 is 0 Å². The minimum atomic E-state index is -1.03. The maximum atomic E-state index is 15.0. The summed E-state index contributed by atoms with van der Waals surface area (Å²) in [6.07, 6.45) is 9.55. The minimum Gasteiger partial charge on any atom is -0.490 e. The van der Waals surface area contributed by atoms with Crippen LogP contribution in [-0.4, -0.2) is 13.2 Å². The summed E-state index contributed by atoms with van der Waals surface area (Å²) in [7, 11) is 0. The van der Waals surface area contributed by atoms with Crippen LogP contribution in [-0.2, 0) is 4.74 Å². The van der Waals surface area contributed by atoms with Gasteiger partial charge in [0, 0.05) is 11.5 Å². The van der Waals surface area contributed by atoms with E-state index in [-0.39, 0.29) is 35.3 Å². The number of benzene rings is 2. The van der Waals surface area contributed by atoms with Crippen molar-refractivity contribution in [3.8, 4) is 17.6 Å². The van der Waals surface area contributed by atoms with E-state index in [1.807, 2.05) is 0 Å². The van der Waals surface area contributed by atoms with Gasteiger partial charge in [0.2, 0.25) is 5.82 Å². The van der Waals surface area contributed by atoms with Crippen molar-refractivity contribution in [3.63, 3.8) is 0 Å². The molecule has 212 valence electrons. The standard InChI is InChI=1S/C33H40F4O2/c1-3-4-5-6-7-20-38-29-19-15-25(30(34)33(29)37)14-10-23-11-18-28(39-21-23)27-17-16-26(31(35)32(27)36)24-12-8-22(2)9-13-24/h15-17,19,22-24,28H,3-9,11-13,18,20-21H2,1-2H3. The lowest BCUT2D eigenvalue weighted by Crippen LogP contribution is -2.21. The number of ether oxygens (including phenoxy) is 2. The molecule has 2 aliphatic rings. The molecule has 0 bridgehead atoms. The lowest BCUT2D eigenvalue weighted by molar-refractivity contribution is -0.00526. The van der Waals surface area contributed by atoms with Crippen LogP contribution in [0.4, 0.5) is 17.6 Å². The van der Waals surface area contributed by atoms with Crippen molar-refractivity contribution in [2.24, 2.45) is 11.8 Å². The third-order valence-electron chi connectivity index (χ3n) is 8.18. The van der Waals surface area contributed by atoms with Gasteiger partial charge in [-0.05, 0) is 61.6 Å². The topological polar surface area (TPSA) is 18.5 Å². The maximum absolute atomic E-state index is 15.0. The zero-order valence-corrected chi connectivity index (χ0v) is 23.1. The van der Waals surface area contributed by atoms with Crippen LogP contribution < -0.4 is 4.74 Å². The van der Waals surface area contributed by atoms with E-state index in [4.69, 9.17) is 9.47 Å². The van der Waals surface area contributed by atoms with Crippen LogP contribution in [0.2, 0.25) is 0 Å². The molecule has 0 amide bonds. The highest BCUT2D eigenvalue weighted by Gasteiger charge is 2.29. The molecule has 2 nitrogen and oxygen atoms in total. The second kappa shape index (κ2) is 14.2. The Labute approximate surface area is 230 Å². The Morgan fingerprint density at radius 2 is 1.51 bits per heavy atom. The van der Waals surface area contributed by atoms with Crippen molar-refractivity contribution < 1.29 is 27.0 Å². The molecular formula is C33H40F4O2. The van der Waals surface area contributed by atoms with Gasteiger partial charge in [0.1, 0.15) is 0 Å². The third-order valence-corrected chi connectivity index (χ3v) is 8.18. The second-order valence-corrected chi connectivity index (χ2v) is 11.2. The summed E-state index contributed by atoms with van der Waals surface area (Å²) in [6, 6.07) is 6.23. The van der Waals surface area contributed by atoms with Gasteiger partial charge in [-0.2, -0.15) is 4.39 Å². The molecular weight excluding hydrogens is 504 g/mol. The van der Waals surface area contributed by atoms with Crippen molar-refractivity contribution in [2.45, 2.75) is 96.5 Å². The molecule has 6 heteroatoms. The van der Waals surface area contributed by atoms with Crippen LogP contribution in [0.15, 0.2) is 24.3 Å². The van der Waals surface area contributed by atoms with Gasteiger partial charge < -0.3 is 9.47 Å². The number of hydrogen-bond acceptors (Lipinski definition) is 2. The average molecular weight is 545 g/mol. The van der Waals surface area contributed by atoms with Crippen molar-refractivity contribution in [3.05, 3.63) is 64.2 Å². The SMILES string of the molecule is CCCCCCCOc1ccc(C#CC2CCC(c3ccc(C4CCC(C)CC4)c(F)c3F)OC2)c(F)c1F. The fraction of sp³-hybridized carbons (Fsp3) is 0.576. The van der Waals surface area contributed by atoms with E-state index in [0.29, 0.717) is 30.9 Å². The predicted octanol–water partition coefficient (Wildman–Crippen LogP) is 9.41. The first-order valence-corrected chi connectivity index (χ1v) is 14.6. The minimum absolute atomic E-state index is 0.0364. The quantitative estimate of drug-likeness (QED) is 0.178. The molecule has 1 heterocycles. The van der Waals surface area contributed by atoms with E-state index in [9.17, 15) is 13.2 Å². The lowest BCUT2D eigenvalue weighted by atomic mass is 9.79. The molecule has 39 heavy (non-hydrogen) atoms. The highest BCUT2D eigenvalue weighted by Crippen LogP contribution is 2.39. The van der Waals surface area contributed by atoms with Gasteiger partial charge in [0.15, 0.2) is 23.2 Å². The van der Waals surface area contributed by atoms with E-state index in [1.54, 1.807) is 12.1 Å². The molecule has 0 spiro atoms. The molecule has 0 N–H and O–H groups in total. The molecule has 1 aliphatic heterocycles. The first-order chi connectivity index (χ1) is 18.9. The van der Waals surface area contributed by atoms with Crippen molar-refractivity contribution in [1.82, 2.24) is 0 Å². The Morgan fingerprint density at radius 1 is 0.795 bits per heavy atom. The zero-order chi connectivity index (χ0) is 27.8. The van der Waals surface area contributed by atoms with Crippen LogP contribution in [0.3, 0.4) is 0 Å². The zero-order valence-electron chi connectivity index (χ0n) is 23.1. The molecule has 1 saturated carbocycles. The maximum Gasteiger partial charge on any atom is 0.201 e. The van der Waals surface area contributed by atoms with E-state index < -0.39 is 29.4 Å². The Balaban J connectivity index is 1.31. The molecule has 4 rings (SSSR count). The fourth-order valence-corrected chi connectivity index (χ4v) is 5.63. The van der Waals surface area contributed by atoms with Crippen LogP contribution in [0, 0.1) is 46.9 Å². The van der Waals surface area contributed by atoms with E-state index >= 15 is 4.39 Å². The first kappa shape index (κ1) is 29.5. The Hall–Kier alpha value is -2.52. The average Bonchev–Trinajstić information content (AvgIpc) is 2.95. The number of hydrogen-bond donors (Lipinski definition) is 0. The van der Waals surface area contributed by atoms with E-state index in [0.717, 1.165) is 57.8 Å². The summed E-state index contributed by atoms with van der Waals surface area (Å²) in [5.74, 6) is 2.46. The van der Waals surface area contributed by atoms with E-state index in [1.165, 1.54) is 12.1 Å². The molecule has 0 radical (unpaired) electrons. The molecule has 2 atom stereocenters. The highest BCUT2D eigenvalue weighted by atomic mass is 19.2. The summed E-state index contributed by atoms with van der Waals surface area (Å²) in [5.41, 5.74) is 0.673. The van der Waals surface area contributed by atoms with Crippen LogP contribution in [0.25, 0.3) is 0 Å². The van der Waals surface area contributed by atoms with E-state index in [2.05, 4.69) is 25.7 Å². The first-order valence-electron chi connectivity index (χ1n) is 14.6. The van der Waals surface area contributed by atoms with Gasteiger partial charge in [-0.25, -0.2) is 13.2 Å². The normalized spacial score (nSPS) is 23.2. The molecule has 2 aromatic rings. The Kier molecular flexibility index (Phi) is 10.7. The number of rotatable bonds is 9. The van der Waals surface area contributed by atoms with Gasteiger partial charge in [0.05, 0.1) is 24.9 Å². The number of unbranched alkanes of at least 4 members (excludes halogenated alkanes) is 4. The largest absolute Gasteiger partial charge is 0.490 e.